The molecule has 1 aromatic heterocycles. The van der Waals surface area contributed by atoms with Crippen molar-refractivity contribution in [2.75, 3.05) is 0 Å². The van der Waals surface area contributed by atoms with Crippen molar-refractivity contribution >= 4 is 11.8 Å². The van der Waals surface area contributed by atoms with Crippen LogP contribution in [0.15, 0.2) is 35.5 Å². The predicted octanol–water partition coefficient (Wildman–Crippen LogP) is 3.35. The van der Waals surface area contributed by atoms with Crippen molar-refractivity contribution in [2.24, 2.45) is 0 Å². The molecule has 4 nitrogen and oxygen atoms in total. The molecule has 0 radical (unpaired) electrons. The molecular weight excluding hydrogens is 270 g/mol. The maximum Gasteiger partial charge on any atom is 0.192 e. The monoisotopic (exact) mass is 289 g/mol. The average molecular weight is 289 g/mol. The van der Waals surface area contributed by atoms with Crippen LogP contribution in [0.25, 0.3) is 0 Å². The van der Waals surface area contributed by atoms with Crippen molar-refractivity contribution in [3.63, 3.8) is 0 Å². The molecule has 1 saturated carbocycles. The first-order valence-electron chi connectivity index (χ1n) is 7.09. The van der Waals surface area contributed by atoms with Crippen LogP contribution in [-0.4, -0.2) is 19.9 Å². The molecule has 1 N–H and O–H groups in total. The maximum atomic E-state index is 9.38. The Balaban J connectivity index is 1.84. The van der Waals surface area contributed by atoms with Crippen LogP contribution in [0, 0.1) is 0 Å². The molecule has 1 aliphatic rings. The number of aromatic nitrogens is 3. The molecule has 0 amide bonds. The first kappa shape index (κ1) is 13.6. The van der Waals surface area contributed by atoms with E-state index in [-0.39, 0.29) is 6.61 Å². The summed E-state index contributed by atoms with van der Waals surface area (Å²) in [5.41, 5.74) is 1.32. The third-order valence-corrected chi connectivity index (χ3v) is 4.96. The highest BCUT2D eigenvalue weighted by atomic mass is 32.2. The number of aliphatic hydroxyl groups is 1. The molecule has 1 aliphatic carbocycles. The van der Waals surface area contributed by atoms with Crippen molar-refractivity contribution in [2.45, 2.75) is 49.2 Å². The fraction of sp³-hybridized carbons (Fsp3) is 0.467. The van der Waals surface area contributed by atoms with Crippen LogP contribution in [0.4, 0.5) is 0 Å². The first-order valence-corrected chi connectivity index (χ1v) is 7.97. The molecule has 3 rings (SSSR count). The number of nitrogens with zero attached hydrogens (tertiary/aromatic N) is 3. The molecule has 1 unspecified atom stereocenters. The fourth-order valence-electron chi connectivity index (χ4n) is 2.38. The minimum atomic E-state index is -0.0355. The number of aliphatic hydroxyl groups excluding tert-OH is 1. The molecular formula is C15H19N3OS. The van der Waals surface area contributed by atoms with Gasteiger partial charge >= 0.3 is 0 Å². The van der Waals surface area contributed by atoms with Crippen LogP contribution >= 0.6 is 11.8 Å². The highest BCUT2D eigenvalue weighted by Gasteiger charge is 2.30. The van der Waals surface area contributed by atoms with Gasteiger partial charge in [0, 0.05) is 11.3 Å². The summed E-state index contributed by atoms with van der Waals surface area (Å²) in [6.45, 7) is 2.15. The normalized spacial score (nSPS) is 16.3. The summed E-state index contributed by atoms with van der Waals surface area (Å²) in [6.07, 6.45) is 3.38. The van der Waals surface area contributed by atoms with E-state index in [0.717, 1.165) is 11.6 Å². The lowest BCUT2D eigenvalue weighted by atomic mass is 10.1. The largest absolute Gasteiger partial charge is 0.388 e. The highest BCUT2D eigenvalue weighted by molar-refractivity contribution is 7.99. The van der Waals surface area contributed by atoms with Gasteiger partial charge in [-0.15, -0.1) is 10.2 Å². The zero-order valence-electron chi connectivity index (χ0n) is 11.6. The van der Waals surface area contributed by atoms with Crippen LogP contribution in [0.3, 0.4) is 0 Å². The quantitative estimate of drug-likeness (QED) is 0.829. The summed E-state index contributed by atoms with van der Waals surface area (Å²) in [5.74, 6) is 0.693. The van der Waals surface area contributed by atoms with E-state index in [1.54, 1.807) is 11.8 Å². The molecule has 20 heavy (non-hydrogen) atoms. The van der Waals surface area contributed by atoms with Gasteiger partial charge in [0.1, 0.15) is 6.61 Å². The zero-order valence-corrected chi connectivity index (χ0v) is 12.4. The van der Waals surface area contributed by atoms with Crippen LogP contribution in [-0.2, 0) is 6.61 Å². The summed E-state index contributed by atoms with van der Waals surface area (Å²) >= 11 is 1.75. The number of thioether (sulfide) groups is 1. The van der Waals surface area contributed by atoms with E-state index in [9.17, 15) is 5.11 Å². The lowest BCUT2D eigenvalue weighted by molar-refractivity contribution is 0.263. The Bertz CT molecular complexity index is 566. The molecule has 0 spiro atoms. The molecule has 1 atom stereocenters. The van der Waals surface area contributed by atoms with Crippen molar-refractivity contribution in [1.82, 2.24) is 14.8 Å². The van der Waals surface area contributed by atoms with Gasteiger partial charge in [0.05, 0.1) is 0 Å². The van der Waals surface area contributed by atoms with Gasteiger partial charge in [-0.25, -0.2) is 0 Å². The summed E-state index contributed by atoms with van der Waals surface area (Å²) in [4.78, 5) is 0. The Morgan fingerprint density at radius 1 is 1.30 bits per heavy atom. The fourth-order valence-corrected chi connectivity index (χ4v) is 3.55. The minimum Gasteiger partial charge on any atom is -0.388 e. The van der Waals surface area contributed by atoms with Gasteiger partial charge in [-0.1, -0.05) is 49.0 Å². The Morgan fingerprint density at radius 2 is 2.05 bits per heavy atom. The molecule has 5 heteroatoms. The Morgan fingerprint density at radius 3 is 2.65 bits per heavy atom. The van der Waals surface area contributed by atoms with Gasteiger partial charge in [0.2, 0.25) is 0 Å². The summed E-state index contributed by atoms with van der Waals surface area (Å²) < 4.78 is 2.12. The predicted molar refractivity (Wildman–Crippen MR) is 79.5 cm³/mol. The van der Waals surface area contributed by atoms with Crippen LogP contribution < -0.4 is 0 Å². The summed E-state index contributed by atoms with van der Waals surface area (Å²) in [7, 11) is 0. The van der Waals surface area contributed by atoms with Gasteiger partial charge in [0.15, 0.2) is 11.0 Å². The number of hydrogen-bond acceptors (Lipinski definition) is 4. The number of hydrogen-bond donors (Lipinski definition) is 1. The van der Waals surface area contributed by atoms with E-state index in [1.807, 2.05) is 6.07 Å². The maximum absolute atomic E-state index is 9.38. The van der Waals surface area contributed by atoms with Gasteiger partial charge < -0.3 is 9.67 Å². The third kappa shape index (κ3) is 2.74. The molecule has 106 valence electrons. The van der Waals surface area contributed by atoms with E-state index in [0.29, 0.717) is 17.1 Å². The first-order chi connectivity index (χ1) is 9.83. The van der Waals surface area contributed by atoms with Crippen molar-refractivity contribution in [1.29, 1.82) is 0 Å². The summed E-state index contributed by atoms with van der Waals surface area (Å²) in [5, 5.41) is 19.1. The Kier molecular flexibility index (Phi) is 4.08. The van der Waals surface area contributed by atoms with E-state index in [4.69, 9.17) is 0 Å². The lowest BCUT2D eigenvalue weighted by Gasteiger charge is -2.15. The van der Waals surface area contributed by atoms with E-state index < -0.39 is 0 Å². The van der Waals surface area contributed by atoms with Gasteiger partial charge in [-0.05, 0) is 24.8 Å². The minimum absolute atomic E-state index is 0.0355. The van der Waals surface area contributed by atoms with Crippen molar-refractivity contribution in [3.05, 3.63) is 41.7 Å². The zero-order chi connectivity index (χ0) is 13.9. The van der Waals surface area contributed by atoms with E-state index >= 15 is 0 Å². The SMILES string of the molecule is CCC(Sc1nnc(CO)n1C1CC1)c1ccccc1. The van der Waals surface area contributed by atoms with Crippen LogP contribution in [0.2, 0.25) is 0 Å². The molecule has 0 saturated heterocycles. The van der Waals surface area contributed by atoms with Crippen LogP contribution in [0.5, 0.6) is 0 Å². The lowest BCUT2D eigenvalue weighted by Crippen LogP contribution is -2.04. The van der Waals surface area contributed by atoms with Gasteiger partial charge in [0.25, 0.3) is 0 Å². The second kappa shape index (κ2) is 5.97. The van der Waals surface area contributed by atoms with E-state index in [2.05, 4.69) is 46.0 Å². The Hall–Kier alpha value is -1.33. The summed E-state index contributed by atoms with van der Waals surface area (Å²) in [6, 6.07) is 11.0. The number of rotatable bonds is 6. The number of benzene rings is 1. The van der Waals surface area contributed by atoms with Gasteiger partial charge in [-0.2, -0.15) is 0 Å². The third-order valence-electron chi connectivity index (χ3n) is 3.58. The second-order valence-corrected chi connectivity index (χ2v) is 6.25. The molecule has 1 fully saturated rings. The molecule has 1 heterocycles. The second-order valence-electron chi connectivity index (χ2n) is 5.08. The van der Waals surface area contributed by atoms with E-state index in [1.165, 1.54) is 18.4 Å². The highest BCUT2D eigenvalue weighted by Crippen LogP contribution is 2.43. The standard InChI is InChI=1S/C15H19N3OS/c1-2-13(11-6-4-3-5-7-11)20-15-17-16-14(10-19)18(15)12-8-9-12/h3-7,12-13,19H,2,8-10H2,1H3. The molecule has 0 aliphatic heterocycles. The van der Waals surface area contributed by atoms with Crippen LogP contribution in [0.1, 0.15) is 48.9 Å². The average Bonchev–Trinajstić information content (AvgIpc) is 3.26. The molecule has 2 aromatic rings. The topological polar surface area (TPSA) is 50.9 Å². The molecule has 1 aromatic carbocycles. The van der Waals surface area contributed by atoms with Crippen molar-refractivity contribution in [3.8, 4) is 0 Å². The smallest absolute Gasteiger partial charge is 0.192 e. The Labute approximate surface area is 123 Å². The van der Waals surface area contributed by atoms with Gasteiger partial charge in [-0.3, -0.25) is 0 Å². The van der Waals surface area contributed by atoms with Crippen molar-refractivity contribution < 1.29 is 5.11 Å². The molecule has 0 bridgehead atoms.